The molecule has 0 spiro atoms. The lowest BCUT2D eigenvalue weighted by Crippen LogP contribution is -2.38. The highest BCUT2D eigenvalue weighted by atomic mass is 16.5. The molecule has 2 rings (SSSR count). The average Bonchev–Trinajstić information content (AvgIpc) is 2.39. The van der Waals surface area contributed by atoms with Gasteiger partial charge in [-0.05, 0) is 20.8 Å². The van der Waals surface area contributed by atoms with Crippen LogP contribution < -0.4 is 15.5 Å². The number of nitrogen functional groups attached to an aromatic ring is 1. The van der Waals surface area contributed by atoms with Crippen LogP contribution in [0.25, 0.3) is 0 Å². The summed E-state index contributed by atoms with van der Waals surface area (Å²) >= 11 is 0. The number of aromatic nitrogens is 3. The number of ether oxygens (including phenoxy) is 1. The number of nitrogens with two attached hydrogens (primary N) is 1. The topological polar surface area (TPSA) is 80.4 Å². The number of rotatable bonds is 4. The summed E-state index contributed by atoms with van der Waals surface area (Å²) in [5.74, 6) is 1.56. The van der Waals surface area contributed by atoms with Gasteiger partial charge in [0.1, 0.15) is 0 Å². The molecule has 1 aromatic rings. The molecular formula is C12H22N6O. The predicted octanol–water partition coefficient (Wildman–Crippen LogP) is 0.525. The molecule has 2 heterocycles. The van der Waals surface area contributed by atoms with Crippen molar-refractivity contribution >= 4 is 17.8 Å². The number of hydrogen-bond donors (Lipinski definition) is 1. The van der Waals surface area contributed by atoms with Crippen LogP contribution in [0.1, 0.15) is 20.8 Å². The minimum Gasteiger partial charge on any atom is -0.378 e. The van der Waals surface area contributed by atoms with E-state index in [9.17, 15) is 0 Å². The van der Waals surface area contributed by atoms with Crippen LogP contribution in [-0.2, 0) is 4.74 Å². The van der Waals surface area contributed by atoms with Gasteiger partial charge in [-0.1, -0.05) is 0 Å². The van der Waals surface area contributed by atoms with E-state index in [2.05, 4.69) is 45.5 Å². The van der Waals surface area contributed by atoms with Crippen LogP contribution in [0.3, 0.4) is 0 Å². The van der Waals surface area contributed by atoms with E-state index in [-0.39, 0.29) is 5.95 Å². The summed E-state index contributed by atoms with van der Waals surface area (Å²) in [4.78, 5) is 17.2. The highest BCUT2D eigenvalue weighted by Gasteiger charge is 2.18. The molecule has 0 radical (unpaired) electrons. The number of morpholine rings is 1. The summed E-state index contributed by atoms with van der Waals surface area (Å²) in [5, 5.41) is 0. The van der Waals surface area contributed by atoms with Gasteiger partial charge < -0.3 is 20.3 Å². The molecule has 0 aromatic carbocycles. The van der Waals surface area contributed by atoms with Gasteiger partial charge in [0.05, 0.1) is 13.2 Å². The second-order valence-electron chi connectivity index (χ2n) is 4.77. The first kappa shape index (κ1) is 13.8. The average molecular weight is 266 g/mol. The molecule has 1 aromatic heterocycles. The van der Waals surface area contributed by atoms with E-state index in [0.29, 0.717) is 31.2 Å². The Kier molecular flexibility index (Phi) is 4.36. The van der Waals surface area contributed by atoms with Crippen molar-refractivity contribution in [3.8, 4) is 0 Å². The van der Waals surface area contributed by atoms with Crippen molar-refractivity contribution in [1.82, 2.24) is 15.0 Å². The standard InChI is InChI=1S/C12H22N6O/c1-4-18(9(2)3)12-15-10(13)14-11(16-12)17-5-7-19-8-6-17/h9H,4-8H2,1-3H3,(H2,13,14,15,16). The molecule has 2 N–H and O–H groups in total. The second-order valence-corrected chi connectivity index (χ2v) is 4.77. The summed E-state index contributed by atoms with van der Waals surface area (Å²) in [6.07, 6.45) is 0. The normalized spacial score (nSPS) is 15.9. The summed E-state index contributed by atoms with van der Waals surface area (Å²) in [6, 6.07) is 0.323. The SMILES string of the molecule is CCN(c1nc(N)nc(N2CCOCC2)n1)C(C)C. The van der Waals surface area contributed by atoms with Crippen molar-refractivity contribution in [2.45, 2.75) is 26.8 Å². The molecule has 1 aliphatic heterocycles. The van der Waals surface area contributed by atoms with E-state index in [0.717, 1.165) is 19.6 Å². The Hall–Kier alpha value is -1.63. The Balaban J connectivity index is 2.27. The van der Waals surface area contributed by atoms with Crippen molar-refractivity contribution in [3.63, 3.8) is 0 Å². The lowest BCUT2D eigenvalue weighted by molar-refractivity contribution is 0.122. The molecule has 7 heteroatoms. The maximum absolute atomic E-state index is 5.81. The first-order valence-corrected chi connectivity index (χ1v) is 6.72. The summed E-state index contributed by atoms with van der Waals surface area (Å²) in [5.41, 5.74) is 5.81. The van der Waals surface area contributed by atoms with Crippen molar-refractivity contribution in [3.05, 3.63) is 0 Å². The predicted molar refractivity (Wildman–Crippen MR) is 75.4 cm³/mol. The highest BCUT2D eigenvalue weighted by Crippen LogP contribution is 2.17. The van der Waals surface area contributed by atoms with Crippen molar-refractivity contribution < 1.29 is 4.74 Å². The molecule has 0 atom stereocenters. The van der Waals surface area contributed by atoms with Crippen LogP contribution in [0.5, 0.6) is 0 Å². The third-order valence-corrected chi connectivity index (χ3v) is 3.14. The Bertz CT molecular complexity index is 419. The van der Waals surface area contributed by atoms with E-state index in [1.807, 2.05) is 0 Å². The monoisotopic (exact) mass is 266 g/mol. The van der Waals surface area contributed by atoms with E-state index in [1.54, 1.807) is 0 Å². The van der Waals surface area contributed by atoms with Crippen molar-refractivity contribution in [1.29, 1.82) is 0 Å². The maximum Gasteiger partial charge on any atom is 0.232 e. The van der Waals surface area contributed by atoms with Crippen molar-refractivity contribution in [2.24, 2.45) is 0 Å². The minimum absolute atomic E-state index is 0.269. The molecule has 106 valence electrons. The molecule has 0 amide bonds. The minimum atomic E-state index is 0.269. The molecule has 0 saturated carbocycles. The summed E-state index contributed by atoms with van der Waals surface area (Å²) in [6.45, 7) is 10.1. The first-order valence-electron chi connectivity index (χ1n) is 6.72. The van der Waals surface area contributed by atoms with Crippen molar-refractivity contribution in [2.75, 3.05) is 48.4 Å². The van der Waals surface area contributed by atoms with Crippen LogP contribution in [0.2, 0.25) is 0 Å². The van der Waals surface area contributed by atoms with Gasteiger partial charge in [-0.25, -0.2) is 0 Å². The Morgan fingerprint density at radius 2 is 1.95 bits per heavy atom. The second kappa shape index (κ2) is 6.01. The van der Waals surface area contributed by atoms with Crippen LogP contribution in [-0.4, -0.2) is 53.8 Å². The van der Waals surface area contributed by atoms with Crippen LogP contribution in [0, 0.1) is 0 Å². The quantitative estimate of drug-likeness (QED) is 0.851. The van der Waals surface area contributed by atoms with Crippen LogP contribution in [0.15, 0.2) is 0 Å². The molecule has 0 unspecified atom stereocenters. The van der Waals surface area contributed by atoms with E-state index < -0.39 is 0 Å². The summed E-state index contributed by atoms with van der Waals surface area (Å²) < 4.78 is 5.33. The zero-order valence-electron chi connectivity index (χ0n) is 11.8. The lowest BCUT2D eigenvalue weighted by atomic mass is 10.3. The molecular weight excluding hydrogens is 244 g/mol. The third-order valence-electron chi connectivity index (χ3n) is 3.14. The molecule has 19 heavy (non-hydrogen) atoms. The van der Waals surface area contributed by atoms with Gasteiger partial charge in [0.2, 0.25) is 17.8 Å². The Morgan fingerprint density at radius 1 is 1.26 bits per heavy atom. The number of anilines is 3. The highest BCUT2D eigenvalue weighted by molar-refractivity contribution is 5.44. The fourth-order valence-electron chi connectivity index (χ4n) is 2.14. The van der Waals surface area contributed by atoms with Gasteiger partial charge in [0.15, 0.2) is 0 Å². The Labute approximate surface area is 113 Å². The first-order chi connectivity index (χ1) is 9.11. The van der Waals surface area contributed by atoms with E-state index >= 15 is 0 Å². The third kappa shape index (κ3) is 3.23. The van der Waals surface area contributed by atoms with Crippen LogP contribution >= 0.6 is 0 Å². The molecule has 7 nitrogen and oxygen atoms in total. The number of nitrogens with zero attached hydrogens (tertiary/aromatic N) is 5. The summed E-state index contributed by atoms with van der Waals surface area (Å²) in [7, 11) is 0. The zero-order chi connectivity index (χ0) is 13.8. The zero-order valence-corrected chi connectivity index (χ0v) is 11.8. The van der Waals surface area contributed by atoms with Gasteiger partial charge in [0.25, 0.3) is 0 Å². The van der Waals surface area contributed by atoms with Gasteiger partial charge in [-0.3, -0.25) is 0 Å². The molecule has 0 bridgehead atoms. The van der Waals surface area contributed by atoms with Gasteiger partial charge in [0, 0.05) is 25.7 Å². The lowest BCUT2D eigenvalue weighted by Gasteiger charge is -2.29. The van der Waals surface area contributed by atoms with Crippen LogP contribution in [0.4, 0.5) is 17.8 Å². The molecule has 1 fully saturated rings. The molecule has 1 aliphatic rings. The smallest absolute Gasteiger partial charge is 0.232 e. The Morgan fingerprint density at radius 3 is 2.53 bits per heavy atom. The fraction of sp³-hybridized carbons (Fsp3) is 0.750. The van der Waals surface area contributed by atoms with Gasteiger partial charge in [-0.2, -0.15) is 15.0 Å². The van der Waals surface area contributed by atoms with Gasteiger partial charge in [-0.15, -0.1) is 0 Å². The van der Waals surface area contributed by atoms with E-state index in [4.69, 9.17) is 10.5 Å². The molecule has 1 saturated heterocycles. The molecule has 0 aliphatic carbocycles. The van der Waals surface area contributed by atoms with E-state index in [1.165, 1.54) is 0 Å². The maximum atomic E-state index is 5.81. The number of hydrogen-bond acceptors (Lipinski definition) is 7. The fourth-order valence-corrected chi connectivity index (χ4v) is 2.14. The van der Waals surface area contributed by atoms with Gasteiger partial charge >= 0.3 is 0 Å². The largest absolute Gasteiger partial charge is 0.378 e.